The molecule has 0 aliphatic heterocycles. The van der Waals surface area contributed by atoms with E-state index in [1.54, 1.807) is 36.4 Å². The average molecular weight is 560 g/mol. The third-order valence-corrected chi connectivity index (χ3v) is 6.81. The first kappa shape index (κ1) is 24.6. The van der Waals surface area contributed by atoms with E-state index in [4.69, 9.17) is 0 Å². The fourth-order valence-corrected chi connectivity index (χ4v) is 5.00. The van der Waals surface area contributed by atoms with Crippen molar-refractivity contribution in [2.24, 2.45) is 5.92 Å². The highest BCUT2D eigenvalue weighted by Crippen LogP contribution is 2.41. The maximum atomic E-state index is 15.0. The molecule has 0 radical (unpaired) electrons. The van der Waals surface area contributed by atoms with Crippen LogP contribution < -0.4 is 0 Å². The number of aromatic amines is 1. The number of Topliss-reactive ketones (excluding diaryl/α,β-unsaturated/α-hetero) is 1. The summed E-state index contributed by atoms with van der Waals surface area (Å²) in [6, 6.07) is 12.3. The van der Waals surface area contributed by atoms with E-state index in [0.717, 1.165) is 0 Å². The van der Waals surface area contributed by atoms with Crippen LogP contribution in [0.2, 0.25) is 0 Å². The number of carbonyl (C=O) groups is 2. The first-order valence-corrected chi connectivity index (χ1v) is 11.8. The van der Waals surface area contributed by atoms with E-state index in [9.17, 15) is 20.0 Å². The maximum Gasteiger partial charge on any atom is 0.358 e. The molecule has 0 aliphatic carbocycles. The first-order valence-electron chi connectivity index (χ1n) is 10.2. The lowest BCUT2D eigenvalue weighted by Gasteiger charge is -2.18. The van der Waals surface area contributed by atoms with E-state index in [1.807, 2.05) is 0 Å². The number of alkyl halides is 2. The van der Waals surface area contributed by atoms with Crippen molar-refractivity contribution in [2.75, 3.05) is 0 Å². The van der Waals surface area contributed by atoms with E-state index >= 15 is 8.78 Å². The number of carbonyl (C=O) groups excluding carboxylic acids is 1. The Hall–Kier alpha value is -3.56. The molecule has 0 amide bonds. The Morgan fingerprint density at radius 2 is 1.97 bits per heavy atom. The zero-order chi connectivity index (χ0) is 25.2. The smallest absolute Gasteiger partial charge is 0.358 e. The van der Waals surface area contributed by atoms with Gasteiger partial charge in [-0.2, -0.15) is 14.0 Å². The summed E-state index contributed by atoms with van der Waals surface area (Å²) < 4.78 is 31.8. The second kappa shape index (κ2) is 9.97. The molecule has 2 N–H and O–H groups in total. The normalized spacial score (nSPS) is 12.4. The minimum Gasteiger partial charge on any atom is -0.481 e. The molecule has 0 fully saturated rings. The number of aromatic nitrogens is 4. The molecule has 1 atom stereocenters. The SMILES string of the molecule is N#Cc1ccc(-n2c(Br)cnc2SC(F)(F)C(=O)CC(Cc2cnc[nH]2)C(=O)O)c2ccccc12. The van der Waals surface area contributed by atoms with Gasteiger partial charge in [0, 0.05) is 35.5 Å². The van der Waals surface area contributed by atoms with Crippen molar-refractivity contribution in [1.82, 2.24) is 19.5 Å². The van der Waals surface area contributed by atoms with Gasteiger partial charge in [-0.25, -0.2) is 9.97 Å². The zero-order valence-corrected chi connectivity index (χ0v) is 20.2. The predicted molar refractivity (Wildman–Crippen MR) is 127 cm³/mol. The molecule has 12 heteroatoms. The van der Waals surface area contributed by atoms with Gasteiger partial charge in [0.2, 0.25) is 5.78 Å². The second-order valence-corrected chi connectivity index (χ2v) is 9.45. The second-order valence-electron chi connectivity index (χ2n) is 7.55. The molecule has 2 aromatic heterocycles. The number of nitrogens with zero attached hydrogens (tertiary/aromatic N) is 4. The average Bonchev–Trinajstić information content (AvgIpc) is 3.47. The summed E-state index contributed by atoms with van der Waals surface area (Å²) in [7, 11) is 0. The van der Waals surface area contributed by atoms with Gasteiger partial charge in [0.1, 0.15) is 4.60 Å². The number of nitriles is 1. The van der Waals surface area contributed by atoms with E-state index in [2.05, 4.69) is 37.0 Å². The van der Waals surface area contributed by atoms with Crippen LogP contribution in [0.15, 0.2) is 64.9 Å². The zero-order valence-electron chi connectivity index (χ0n) is 17.8. The molecule has 1 unspecified atom stereocenters. The van der Waals surface area contributed by atoms with Crippen LogP contribution in [0.4, 0.5) is 8.78 Å². The summed E-state index contributed by atoms with van der Waals surface area (Å²) in [4.78, 5) is 34.6. The van der Waals surface area contributed by atoms with Crippen LogP contribution in [0.3, 0.4) is 0 Å². The predicted octanol–water partition coefficient (Wildman–Crippen LogP) is 4.97. The molecule has 8 nitrogen and oxygen atoms in total. The summed E-state index contributed by atoms with van der Waals surface area (Å²) in [5.74, 6) is -4.23. The number of H-pyrrole nitrogens is 1. The topological polar surface area (TPSA) is 125 Å². The summed E-state index contributed by atoms with van der Waals surface area (Å²) >= 11 is 3.25. The van der Waals surface area contributed by atoms with Gasteiger partial charge >= 0.3 is 11.2 Å². The Bertz CT molecular complexity index is 1450. The van der Waals surface area contributed by atoms with E-state index < -0.39 is 29.3 Å². The number of ketones is 1. The lowest BCUT2D eigenvalue weighted by Crippen LogP contribution is -2.30. The first-order chi connectivity index (χ1) is 16.7. The molecule has 178 valence electrons. The van der Waals surface area contributed by atoms with Crippen LogP contribution in [0.5, 0.6) is 0 Å². The van der Waals surface area contributed by atoms with Crippen molar-refractivity contribution in [3.63, 3.8) is 0 Å². The van der Waals surface area contributed by atoms with Crippen molar-refractivity contribution in [1.29, 1.82) is 5.26 Å². The number of rotatable bonds is 9. The van der Waals surface area contributed by atoms with Crippen molar-refractivity contribution >= 4 is 50.2 Å². The van der Waals surface area contributed by atoms with Crippen molar-refractivity contribution in [3.05, 3.63) is 71.0 Å². The number of fused-ring (bicyclic) bond motifs is 1. The molecular weight excluding hydrogens is 544 g/mol. The third-order valence-electron chi connectivity index (χ3n) is 5.30. The van der Waals surface area contributed by atoms with Gasteiger partial charge in [-0.15, -0.1) is 0 Å². The number of hydrogen-bond donors (Lipinski definition) is 2. The maximum absolute atomic E-state index is 15.0. The molecule has 2 aromatic carbocycles. The minimum absolute atomic E-state index is 0.0627. The Morgan fingerprint density at radius 1 is 1.23 bits per heavy atom. The third kappa shape index (κ3) is 5.11. The molecule has 4 rings (SSSR count). The number of nitrogens with one attached hydrogen (secondary N) is 1. The van der Waals surface area contributed by atoms with Crippen LogP contribution in [-0.4, -0.2) is 41.6 Å². The molecule has 0 saturated heterocycles. The van der Waals surface area contributed by atoms with E-state index in [1.165, 1.54) is 23.3 Å². The minimum atomic E-state index is -3.94. The number of aliphatic carboxylic acids is 1. The molecule has 2 heterocycles. The monoisotopic (exact) mass is 559 g/mol. The van der Waals surface area contributed by atoms with Crippen LogP contribution >= 0.6 is 27.7 Å². The van der Waals surface area contributed by atoms with Crippen molar-refractivity contribution in [2.45, 2.75) is 23.3 Å². The largest absolute Gasteiger partial charge is 0.481 e. The van der Waals surface area contributed by atoms with Gasteiger partial charge in [0.05, 0.1) is 35.8 Å². The number of hydrogen-bond acceptors (Lipinski definition) is 6. The molecule has 35 heavy (non-hydrogen) atoms. The van der Waals surface area contributed by atoms with E-state index in [-0.39, 0.29) is 23.3 Å². The van der Waals surface area contributed by atoms with Gasteiger partial charge < -0.3 is 10.1 Å². The molecule has 4 aromatic rings. The molecular formula is C23H16BrF2N5O3S. The summed E-state index contributed by atoms with van der Waals surface area (Å²) in [5.41, 5.74) is 1.33. The Balaban J connectivity index is 1.63. The summed E-state index contributed by atoms with van der Waals surface area (Å²) in [5, 5.41) is 16.0. The number of carboxylic acids is 1. The Labute approximate surface area is 210 Å². The quantitative estimate of drug-likeness (QED) is 0.277. The number of halogens is 3. The van der Waals surface area contributed by atoms with Crippen LogP contribution in [0, 0.1) is 17.2 Å². The number of carboxylic acid groups (broad SMARTS) is 1. The lowest BCUT2D eigenvalue weighted by atomic mass is 9.97. The Morgan fingerprint density at radius 3 is 2.63 bits per heavy atom. The van der Waals surface area contributed by atoms with Crippen LogP contribution in [0.1, 0.15) is 17.7 Å². The molecule has 0 spiro atoms. The highest BCUT2D eigenvalue weighted by molar-refractivity contribution is 9.10. The summed E-state index contributed by atoms with van der Waals surface area (Å²) in [6.07, 6.45) is 3.04. The Kier molecular flexibility index (Phi) is 7.00. The molecule has 0 bridgehead atoms. The summed E-state index contributed by atoms with van der Waals surface area (Å²) in [6.45, 7) is 0. The lowest BCUT2D eigenvalue weighted by molar-refractivity contribution is -0.146. The van der Waals surface area contributed by atoms with Gasteiger partial charge in [-0.3, -0.25) is 14.2 Å². The number of thioether (sulfide) groups is 1. The standard InChI is InChI=1S/C23H16BrF2N5O3S/c24-20-11-29-22(31(20)18-6-5-13(9-27)16-3-1-2-4-17(16)18)35-23(25,26)19(32)8-14(21(33)34)7-15-10-28-12-30-15/h1-6,10-12,14H,7-8H2,(H,28,30)(H,33,34). The van der Waals surface area contributed by atoms with Gasteiger partial charge in [0.15, 0.2) is 5.16 Å². The van der Waals surface area contributed by atoms with Gasteiger partial charge in [0.25, 0.3) is 0 Å². The van der Waals surface area contributed by atoms with Crippen LogP contribution in [0.25, 0.3) is 16.5 Å². The highest BCUT2D eigenvalue weighted by atomic mass is 79.9. The van der Waals surface area contributed by atoms with E-state index in [0.29, 0.717) is 32.3 Å². The fraction of sp³-hybridized carbons (Fsp3) is 0.174. The van der Waals surface area contributed by atoms with Crippen molar-refractivity contribution in [3.8, 4) is 11.8 Å². The number of imidazole rings is 2. The number of benzene rings is 2. The molecule has 0 saturated carbocycles. The van der Waals surface area contributed by atoms with Crippen molar-refractivity contribution < 1.29 is 23.5 Å². The van der Waals surface area contributed by atoms with Gasteiger partial charge in [-0.05, 0) is 39.8 Å². The van der Waals surface area contributed by atoms with Crippen LogP contribution in [-0.2, 0) is 16.0 Å². The highest BCUT2D eigenvalue weighted by Gasteiger charge is 2.43. The fourth-order valence-electron chi connectivity index (χ4n) is 3.60. The van der Waals surface area contributed by atoms with Gasteiger partial charge in [-0.1, -0.05) is 24.3 Å². The molecule has 0 aliphatic rings.